The zero-order valence-corrected chi connectivity index (χ0v) is 13.4. The lowest BCUT2D eigenvalue weighted by atomic mass is 10.1. The van der Waals surface area contributed by atoms with Crippen molar-refractivity contribution in [2.75, 3.05) is 19.7 Å². The van der Waals surface area contributed by atoms with Crippen LogP contribution < -0.4 is 10.2 Å². The number of nitrogens with one attached hydrogen (secondary N) is 1. The van der Waals surface area contributed by atoms with Crippen molar-refractivity contribution in [2.24, 2.45) is 0 Å². The maximum atomic E-state index is 12.7. The van der Waals surface area contributed by atoms with E-state index in [0.717, 1.165) is 38.8 Å². The van der Waals surface area contributed by atoms with Gasteiger partial charge in [-0.2, -0.15) is 0 Å². The van der Waals surface area contributed by atoms with Crippen molar-refractivity contribution in [1.29, 1.82) is 0 Å². The molecule has 0 radical (unpaired) electrons. The van der Waals surface area contributed by atoms with Crippen molar-refractivity contribution in [3.63, 3.8) is 0 Å². The summed E-state index contributed by atoms with van der Waals surface area (Å²) in [5.41, 5.74) is 0.702. The maximum absolute atomic E-state index is 12.7. The zero-order valence-electron chi connectivity index (χ0n) is 13.4. The molecule has 1 aromatic heterocycles. The van der Waals surface area contributed by atoms with Gasteiger partial charge in [-0.1, -0.05) is 12.8 Å². The van der Waals surface area contributed by atoms with Crippen molar-refractivity contribution in [3.05, 3.63) is 40.2 Å². The van der Waals surface area contributed by atoms with E-state index >= 15 is 0 Å². The van der Waals surface area contributed by atoms with Gasteiger partial charge >= 0.3 is 0 Å². The van der Waals surface area contributed by atoms with Crippen LogP contribution in [0.2, 0.25) is 0 Å². The fourth-order valence-corrected chi connectivity index (χ4v) is 3.06. The van der Waals surface area contributed by atoms with Gasteiger partial charge in [0.1, 0.15) is 11.3 Å². The predicted octanol–water partition coefficient (Wildman–Crippen LogP) is 2.94. The molecule has 5 nitrogen and oxygen atoms in total. The van der Waals surface area contributed by atoms with Crippen molar-refractivity contribution in [1.82, 2.24) is 9.88 Å². The predicted molar refractivity (Wildman–Crippen MR) is 90.1 cm³/mol. The van der Waals surface area contributed by atoms with E-state index in [1.807, 2.05) is 19.1 Å². The lowest BCUT2D eigenvalue weighted by Gasteiger charge is -2.20. The van der Waals surface area contributed by atoms with Crippen molar-refractivity contribution in [3.8, 4) is 5.75 Å². The summed E-state index contributed by atoms with van der Waals surface area (Å²) in [6, 6.07) is 5.33. The quantitative estimate of drug-likeness (QED) is 0.947. The second kappa shape index (κ2) is 6.86. The standard InChI is InChI=1S/C18H22N2O3/c1-2-23-13-7-8-16-14(11-13)17(21)15(12-19-16)18(22)20-9-5-3-4-6-10-20/h7-8,11-12H,2-6,9-10H2,1H3,(H,19,21). The minimum Gasteiger partial charge on any atom is -0.494 e. The molecule has 0 unspecified atom stereocenters. The minimum absolute atomic E-state index is 0.170. The van der Waals surface area contributed by atoms with Crippen LogP contribution in [0.5, 0.6) is 5.75 Å². The number of fused-ring (bicyclic) bond motifs is 1. The second-order valence-electron chi connectivity index (χ2n) is 5.88. The molecule has 1 fully saturated rings. The van der Waals surface area contributed by atoms with E-state index in [2.05, 4.69) is 4.98 Å². The molecule has 2 aromatic rings. The molecule has 5 heteroatoms. The monoisotopic (exact) mass is 314 g/mol. The van der Waals surface area contributed by atoms with Gasteiger partial charge in [0.15, 0.2) is 0 Å². The number of nitrogens with zero attached hydrogens (tertiary/aromatic N) is 1. The summed E-state index contributed by atoms with van der Waals surface area (Å²) < 4.78 is 5.45. The summed E-state index contributed by atoms with van der Waals surface area (Å²) in [4.78, 5) is 30.3. The van der Waals surface area contributed by atoms with Gasteiger partial charge in [-0.3, -0.25) is 9.59 Å². The Morgan fingerprint density at radius 3 is 2.65 bits per heavy atom. The van der Waals surface area contributed by atoms with E-state index in [1.54, 1.807) is 11.0 Å². The summed E-state index contributed by atoms with van der Waals surface area (Å²) in [6.07, 6.45) is 5.85. The third kappa shape index (κ3) is 3.23. The van der Waals surface area contributed by atoms with Gasteiger partial charge in [0.2, 0.25) is 5.43 Å². The van der Waals surface area contributed by atoms with Gasteiger partial charge in [0, 0.05) is 30.2 Å². The number of likely N-dealkylation sites (tertiary alicyclic amines) is 1. The van der Waals surface area contributed by atoms with Crippen LogP contribution in [0.15, 0.2) is 29.2 Å². The van der Waals surface area contributed by atoms with E-state index in [9.17, 15) is 9.59 Å². The van der Waals surface area contributed by atoms with Crippen LogP contribution in [-0.4, -0.2) is 35.5 Å². The third-order valence-corrected chi connectivity index (χ3v) is 4.29. The molecule has 3 rings (SSSR count). The molecule has 1 amide bonds. The highest BCUT2D eigenvalue weighted by Gasteiger charge is 2.21. The van der Waals surface area contributed by atoms with Gasteiger partial charge in [-0.15, -0.1) is 0 Å². The number of carbonyl (C=O) groups excluding carboxylic acids is 1. The van der Waals surface area contributed by atoms with Gasteiger partial charge in [-0.25, -0.2) is 0 Å². The SMILES string of the molecule is CCOc1ccc2[nH]cc(C(=O)N3CCCCCC3)c(=O)c2c1. The summed E-state index contributed by atoms with van der Waals surface area (Å²) in [5.74, 6) is 0.474. The Bertz CT molecular complexity index is 758. The molecule has 0 atom stereocenters. The van der Waals surface area contributed by atoms with Gasteiger partial charge in [0.25, 0.3) is 5.91 Å². The molecule has 1 saturated heterocycles. The van der Waals surface area contributed by atoms with Crippen molar-refractivity contribution in [2.45, 2.75) is 32.6 Å². The molecular weight excluding hydrogens is 292 g/mol. The molecule has 0 bridgehead atoms. The molecule has 1 aliphatic rings. The number of carbonyl (C=O) groups is 1. The number of rotatable bonds is 3. The topological polar surface area (TPSA) is 62.4 Å². The van der Waals surface area contributed by atoms with Crippen molar-refractivity contribution < 1.29 is 9.53 Å². The highest BCUT2D eigenvalue weighted by atomic mass is 16.5. The number of hydrogen-bond acceptors (Lipinski definition) is 3. The van der Waals surface area contributed by atoms with Gasteiger partial charge in [0.05, 0.1) is 6.61 Å². The summed E-state index contributed by atoms with van der Waals surface area (Å²) in [7, 11) is 0. The Morgan fingerprint density at radius 2 is 1.96 bits per heavy atom. The first-order valence-corrected chi connectivity index (χ1v) is 8.28. The number of amides is 1. The van der Waals surface area contributed by atoms with Gasteiger partial charge in [-0.05, 0) is 38.0 Å². The summed E-state index contributed by atoms with van der Waals surface area (Å²) in [5, 5.41) is 0.497. The fourth-order valence-electron chi connectivity index (χ4n) is 3.06. The van der Waals surface area contributed by atoms with Crippen LogP contribution in [0.25, 0.3) is 10.9 Å². The maximum Gasteiger partial charge on any atom is 0.259 e. The van der Waals surface area contributed by atoms with Crippen molar-refractivity contribution >= 4 is 16.8 Å². The first-order valence-electron chi connectivity index (χ1n) is 8.28. The molecule has 1 aromatic carbocycles. The van der Waals surface area contributed by atoms with Crippen LogP contribution in [0.3, 0.4) is 0 Å². The Labute approximate surface area is 135 Å². The average Bonchev–Trinajstić information content (AvgIpc) is 2.85. The normalized spacial score (nSPS) is 15.4. The van der Waals surface area contributed by atoms with Crippen LogP contribution in [0, 0.1) is 0 Å². The minimum atomic E-state index is -0.227. The molecule has 2 heterocycles. The molecule has 0 aliphatic carbocycles. The number of ether oxygens (including phenoxy) is 1. The molecule has 23 heavy (non-hydrogen) atoms. The smallest absolute Gasteiger partial charge is 0.259 e. The van der Waals surface area contributed by atoms with Crippen LogP contribution in [0.4, 0.5) is 0 Å². The van der Waals surface area contributed by atoms with Gasteiger partial charge < -0.3 is 14.6 Å². The largest absolute Gasteiger partial charge is 0.494 e. The second-order valence-corrected chi connectivity index (χ2v) is 5.88. The number of pyridine rings is 1. The Kier molecular flexibility index (Phi) is 4.65. The van der Waals surface area contributed by atoms with E-state index in [0.29, 0.717) is 23.3 Å². The van der Waals surface area contributed by atoms with E-state index in [4.69, 9.17) is 4.74 Å². The van der Waals surface area contributed by atoms with Crippen LogP contribution in [-0.2, 0) is 0 Å². The number of aromatic nitrogens is 1. The molecule has 0 spiro atoms. The molecule has 1 N–H and O–H groups in total. The number of hydrogen-bond donors (Lipinski definition) is 1. The number of H-pyrrole nitrogens is 1. The first kappa shape index (κ1) is 15.6. The summed E-state index contributed by atoms with van der Waals surface area (Å²) in [6.45, 7) is 3.90. The van der Waals surface area contributed by atoms with Crippen LogP contribution >= 0.6 is 0 Å². The van der Waals surface area contributed by atoms with E-state index in [1.165, 1.54) is 6.20 Å². The fraction of sp³-hybridized carbons (Fsp3) is 0.444. The lowest BCUT2D eigenvalue weighted by molar-refractivity contribution is 0.0760. The number of benzene rings is 1. The van der Waals surface area contributed by atoms with Crippen LogP contribution in [0.1, 0.15) is 43.0 Å². The van der Waals surface area contributed by atoms with E-state index < -0.39 is 0 Å². The molecular formula is C18H22N2O3. The lowest BCUT2D eigenvalue weighted by Crippen LogP contribution is -2.35. The molecule has 1 aliphatic heterocycles. The third-order valence-electron chi connectivity index (χ3n) is 4.29. The highest BCUT2D eigenvalue weighted by Crippen LogP contribution is 2.18. The molecule has 0 saturated carbocycles. The number of aromatic amines is 1. The zero-order chi connectivity index (χ0) is 16.2. The first-order chi connectivity index (χ1) is 11.2. The van der Waals surface area contributed by atoms with E-state index in [-0.39, 0.29) is 16.9 Å². The Balaban J connectivity index is 1.98. The summed E-state index contributed by atoms with van der Waals surface area (Å²) >= 11 is 0. The Morgan fingerprint density at radius 1 is 1.22 bits per heavy atom. The molecule has 122 valence electrons. The Hall–Kier alpha value is -2.30. The highest BCUT2D eigenvalue weighted by molar-refractivity contribution is 5.97. The average molecular weight is 314 g/mol.